The quantitative estimate of drug-likeness (QED) is 0.486. The SMILES string of the molecule is CC(C[TeH])Cc1ccc([N+](=O)[O-])cc1.[H+]. The second kappa shape index (κ2) is 5.33. The number of hydrogen-bond donors (Lipinski definition) is 0. The number of nitrogens with zero attached hydrogens (tertiary/aromatic N) is 1. The van der Waals surface area contributed by atoms with Crippen LogP contribution in [0.3, 0.4) is 0 Å². The summed E-state index contributed by atoms with van der Waals surface area (Å²) in [6.45, 7) is 2.19. The van der Waals surface area contributed by atoms with Crippen molar-refractivity contribution in [3.05, 3.63) is 39.9 Å². The van der Waals surface area contributed by atoms with E-state index in [4.69, 9.17) is 0 Å². The smallest absolute Gasteiger partial charge is 1.00 e. The molecule has 0 aliphatic rings. The summed E-state index contributed by atoms with van der Waals surface area (Å²) in [6, 6.07) is 6.83. The minimum atomic E-state index is -0.366. The van der Waals surface area contributed by atoms with Gasteiger partial charge < -0.3 is 0 Å². The van der Waals surface area contributed by atoms with Gasteiger partial charge in [-0.2, -0.15) is 0 Å². The Labute approximate surface area is 98.1 Å². The second-order valence-electron chi connectivity index (χ2n) is 3.42. The second-order valence-corrected chi connectivity index (χ2v) is 4.46. The summed E-state index contributed by atoms with van der Waals surface area (Å²) in [7, 11) is 0. The fraction of sp³-hybridized carbons (Fsp3) is 0.400. The van der Waals surface area contributed by atoms with E-state index in [1.54, 1.807) is 12.1 Å². The summed E-state index contributed by atoms with van der Waals surface area (Å²) in [4.78, 5) is 10.0. The third kappa shape index (κ3) is 3.28. The topological polar surface area (TPSA) is 43.1 Å². The Morgan fingerprint density at radius 2 is 2.07 bits per heavy atom. The van der Waals surface area contributed by atoms with Crippen LogP contribution < -0.4 is 0 Å². The zero-order valence-corrected chi connectivity index (χ0v) is 10.6. The van der Waals surface area contributed by atoms with Gasteiger partial charge in [-0.3, -0.25) is 0 Å². The summed E-state index contributed by atoms with van der Waals surface area (Å²) in [5.74, 6) is 0.658. The monoisotopic (exact) mass is 310 g/mol. The summed E-state index contributed by atoms with van der Waals surface area (Å²) in [5, 5.41) is 10.4. The Hall–Kier alpha value is -0.590. The number of benzene rings is 1. The first kappa shape index (κ1) is 11.5. The van der Waals surface area contributed by atoms with Crippen molar-refractivity contribution in [2.45, 2.75) is 17.8 Å². The number of hydrogen-bond acceptors (Lipinski definition) is 2. The fourth-order valence-electron chi connectivity index (χ4n) is 1.22. The molecule has 4 heteroatoms. The van der Waals surface area contributed by atoms with Crippen LogP contribution in [0.5, 0.6) is 0 Å². The van der Waals surface area contributed by atoms with E-state index in [0.717, 1.165) is 6.42 Å². The van der Waals surface area contributed by atoms with E-state index >= 15 is 0 Å². The number of nitro benzene ring substituents is 1. The average Bonchev–Trinajstić information content (AvgIpc) is 2.18. The molecule has 14 heavy (non-hydrogen) atoms. The molecule has 3 nitrogen and oxygen atoms in total. The molecule has 1 rings (SSSR count). The van der Waals surface area contributed by atoms with Crippen LogP contribution in [0.15, 0.2) is 24.3 Å². The van der Waals surface area contributed by atoms with Gasteiger partial charge in [-0.15, -0.1) is 0 Å². The van der Waals surface area contributed by atoms with E-state index < -0.39 is 0 Å². The molecule has 0 N–H and O–H groups in total. The number of nitro groups is 1. The van der Waals surface area contributed by atoms with Crippen molar-refractivity contribution in [2.24, 2.45) is 5.92 Å². The Kier molecular flexibility index (Phi) is 4.37. The Balaban J connectivity index is 0.00000196. The van der Waals surface area contributed by atoms with Gasteiger partial charge in [0, 0.05) is 0 Å². The maximum absolute atomic E-state index is 10.4. The first-order chi connectivity index (χ1) is 6.63. The zero-order chi connectivity index (χ0) is 10.6. The molecule has 0 saturated carbocycles. The molecule has 1 aromatic rings. The third-order valence-corrected chi connectivity index (χ3v) is 3.82. The van der Waals surface area contributed by atoms with Gasteiger partial charge in [0.2, 0.25) is 0 Å². The van der Waals surface area contributed by atoms with Gasteiger partial charge in [-0.25, -0.2) is 0 Å². The Bertz CT molecular complexity index is 316. The number of non-ortho nitro benzene ring substituents is 1. The molecule has 0 aliphatic carbocycles. The minimum Gasteiger partial charge on any atom is 1.00 e. The first-order valence-electron chi connectivity index (χ1n) is 4.47. The summed E-state index contributed by atoms with van der Waals surface area (Å²) < 4.78 is 1.19. The molecule has 0 bridgehead atoms. The van der Waals surface area contributed by atoms with Crippen LogP contribution in [-0.2, 0) is 6.42 Å². The van der Waals surface area contributed by atoms with E-state index in [1.165, 1.54) is 10.0 Å². The van der Waals surface area contributed by atoms with Crippen molar-refractivity contribution in [3.63, 3.8) is 0 Å². The van der Waals surface area contributed by atoms with Gasteiger partial charge in [0.1, 0.15) is 0 Å². The fourth-order valence-corrected chi connectivity index (χ4v) is 1.59. The van der Waals surface area contributed by atoms with Gasteiger partial charge in [-0.1, -0.05) is 0 Å². The molecule has 1 atom stereocenters. The number of rotatable bonds is 4. The molecule has 0 aromatic heterocycles. The van der Waals surface area contributed by atoms with E-state index in [0.29, 0.717) is 5.92 Å². The van der Waals surface area contributed by atoms with E-state index in [2.05, 4.69) is 6.92 Å². The predicted molar refractivity (Wildman–Crippen MR) is 59.0 cm³/mol. The van der Waals surface area contributed by atoms with Crippen LogP contribution in [0.25, 0.3) is 0 Å². The van der Waals surface area contributed by atoms with Crippen molar-refractivity contribution >= 4 is 28.0 Å². The van der Waals surface area contributed by atoms with Crippen LogP contribution in [0.2, 0.25) is 4.47 Å². The molecule has 1 aromatic carbocycles. The van der Waals surface area contributed by atoms with Crippen LogP contribution in [-0.4, -0.2) is 27.2 Å². The molecule has 0 fully saturated rings. The zero-order valence-electron chi connectivity index (χ0n) is 9.01. The Morgan fingerprint density at radius 3 is 2.50 bits per heavy atom. The summed E-state index contributed by atoms with van der Waals surface area (Å²) in [6.07, 6.45) is 1.01. The van der Waals surface area contributed by atoms with Crippen LogP contribution in [0, 0.1) is 16.0 Å². The van der Waals surface area contributed by atoms with Gasteiger partial charge >= 0.3 is 98.0 Å². The molecule has 0 heterocycles. The largest absolute Gasteiger partial charge is 1.00 e. The molecule has 0 amide bonds. The van der Waals surface area contributed by atoms with Crippen molar-refractivity contribution in [1.29, 1.82) is 0 Å². The van der Waals surface area contributed by atoms with Crippen LogP contribution in [0.1, 0.15) is 13.9 Å². The predicted octanol–water partition coefficient (Wildman–Crippen LogP) is 2.21. The maximum atomic E-state index is 10.4. The van der Waals surface area contributed by atoms with E-state index in [-0.39, 0.29) is 12.0 Å². The van der Waals surface area contributed by atoms with Crippen molar-refractivity contribution < 1.29 is 6.35 Å². The first-order valence-corrected chi connectivity index (χ1v) is 6.28. The third-order valence-electron chi connectivity index (χ3n) is 2.04. The van der Waals surface area contributed by atoms with Gasteiger partial charge in [-0.05, 0) is 0 Å². The Morgan fingerprint density at radius 1 is 1.50 bits per heavy atom. The molecule has 76 valence electrons. The summed E-state index contributed by atoms with van der Waals surface area (Å²) in [5.41, 5.74) is 1.35. The van der Waals surface area contributed by atoms with Crippen LogP contribution in [0.4, 0.5) is 5.69 Å². The van der Waals surface area contributed by atoms with Crippen molar-refractivity contribution in [1.82, 2.24) is 0 Å². The molecular weight excluding hydrogens is 294 g/mol. The maximum Gasteiger partial charge on any atom is 1.00 e. The standard InChI is InChI=1S/C10H13NO2Te/c1-8(7-14)6-9-2-4-10(5-3-9)11(12)13/h2-5,8,14H,6-7H2,1H3/p+1. The van der Waals surface area contributed by atoms with Crippen molar-refractivity contribution in [3.8, 4) is 0 Å². The van der Waals surface area contributed by atoms with Gasteiger partial charge in [0.15, 0.2) is 0 Å². The van der Waals surface area contributed by atoms with E-state index in [1.807, 2.05) is 34.4 Å². The van der Waals surface area contributed by atoms with Crippen molar-refractivity contribution in [2.75, 3.05) is 0 Å². The minimum absolute atomic E-state index is 0. The molecule has 0 spiro atoms. The molecule has 0 radical (unpaired) electrons. The molecular formula is C10H14NO2Te+. The normalized spacial score (nSPS) is 12.4. The van der Waals surface area contributed by atoms with Gasteiger partial charge in [0.25, 0.3) is 0 Å². The van der Waals surface area contributed by atoms with Crippen LogP contribution >= 0.6 is 0 Å². The van der Waals surface area contributed by atoms with Gasteiger partial charge in [0.05, 0.1) is 0 Å². The molecule has 1 unspecified atom stereocenters. The van der Waals surface area contributed by atoms with E-state index in [9.17, 15) is 10.1 Å². The summed E-state index contributed by atoms with van der Waals surface area (Å²) >= 11 is 1.81. The average molecular weight is 308 g/mol. The molecule has 0 saturated heterocycles. The molecule has 0 aliphatic heterocycles.